The van der Waals surface area contributed by atoms with E-state index in [1.807, 2.05) is 25.1 Å². The van der Waals surface area contributed by atoms with Gasteiger partial charge in [-0.2, -0.15) is 0 Å². The standard InChI is InChI=1S/C15H15N3O2S/c1-3-18-14-7-6-12(21(2,19)20)9-13(14)17-15(18)11-5-4-8-16-10-11/h4-10H,3H2,1-2H3. The van der Waals surface area contributed by atoms with E-state index in [1.165, 1.54) is 6.26 Å². The van der Waals surface area contributed by atoms with Crippen molar-refractivity contribution < 1.29 is 8.42 Å². The first-order chi connectivity index (χ1) is 10.0. The van der Waals surface area contributed by atoms with Gasteiger partial charge in [-0.15, -0.1) is 0 Å². The number of sulfone groups is 1. The van der Waals surface area contributed by atoms with Gasteiger partial charge in [0.05, 0.1) is 15.9 Å². The van der Waals surface area contributed by atoms with Crippen LogP contribution in [-0.4, -0.2) is 29.2 Å². The number of pyridine rings is 1. The molecular weight excluding hydrogens is 286 g/mol. The summed E-state index contributed by atoms with van der Waals surface area (Å²) in [4.78, 5) is 8.99. The lowest BCUT2D eigenvalue weighted by Crippen LogP contribution is -1.98. The van der Waals surface area contributed by atoms with E-state index in [2.05, 4.69) is 14.5 Å². The third kappa shape index (κ3) is 2.42. The maximum absolute atomic E-state index is 11.7. The Bertz CT molecular complexity index is 899. The predicted molar refractivity (Wildman–Crippen MR) is 81.7 cm³/mol. The Morgan fingerprint density at radius 2 is 2.05 bits per heavy atom. The van der Waals surface area contributed by atoms with E-state index in [9.17, 15) is 8.42 Å². The lowest BCUT2D eigenvalue weighted by molar-refractivity contribution is 0.602. The second-order valence-electron chi connectivity index (χ2n) is 4.84. The van der Waals surface area contributed by atoms with Gasteiger partial charge in [-0.05, 0) is 37.3 Å². The number of rotatable bonds is 3. The topological polar surface area (TPSA) is 64.8 Å². The van der Waals surface area contributed by atoms with Crippen molar-refractivity contribution in [2.45, 2.75) is 18.4 Å². The van der Waals surface area contributed by atoms with Crippen LogP contribution in [0, 0.1) is 0 Å². The summed E-state index contributed by atoms with van der Waals surface area (Å²) in [6.07, 6.45) is 4.67. The van der Waals surface area contributed by atoms with E-state index in [-0.39, 0.29) is 4.90 Å². The molecule has 0 bridgehead atoms. The molecule has 6 heteroatoms. The SMILES string of the molecule is CCn1c(-c2cccnc2)nc2cc(S(C)(=O)=O)ccc21. The van der Waals surface area contributed by atoms with Crippen LogP contribution in [0.5, 0.6) is 0 Å². The van der Waals surface area contributed by atoms with E-state index < -0.39 is 9.84 Å². The van der Waals surface area contributed by atoms with Crippen molar-refractivity contribution in [2.24, 2.45) is 0 Å². The van der Waals surface area contributed by atoms with E-state index in [0.717, 1.165) is 23.4 Å². The average molecular weight is 301 g/mol. The number of aromatic nitrogens is 3. The third-order valence-electron chi connectivity index (χ3n) is 3.38. The summed E-state index contributed by atoms with van der Waals surface area (Å²) in [5.74, 6) is 0.797. The van der Waals surface area contributed by atoms with E-state index in [0.29, 0.717) is 5.52 Å². The molecule has 0 saturated heterocycles. The number of fused-ring (bicyclic) bond motifs is 1. The van der Waals surface area contributed by atoms with Gasteiger partial charge in [0.1, 0.15) is 5.82 Å². The molecule has 0 amide bonds. The van der Waals surface area contributed by atoms with Gasteiger partial charge in [-0.3, -0.25) is 4.98 Å². The fourth-order valence-electron chi connectivity index (χ4n) is 2.38. The highest BCUT2D eigenvalue weighted by molar-refractivity contribution is 7.90. The van der Waals surface area contributed by atoms with Crippen LogP contribution >= 0.6 is 0 Å². The quantitative estimate of drug-likeness (QED) is 0.745. The first-order valence-electron chi connectivity index (χ1n) is 6.61. The molecule has 0 fully saturated rings. The predicted octanol–water partition coefficient (Wildman–Crippen LogP) is 2.52. The van der Waals surface area contributed by atoms with Crippen molar-refractivity contribution in [3.8, 4) is 11.4 Å². The Kier molecular flexibility index (Phi) is 3.25. The molecule has 0 saturated carbocycles. The number of imidazole rings is 1. The first-order valence-corrected chi connectivity index (χ1v) is 8.50. The maximum atomic E-state index is 11.7. The fourth-order valence-corrected chi connectivity index (χ4v) is 3.02. The highest BCUT2D eigenvalue weighted by atomic mass is 32.2. The van der Waals surface area contributed by atoms with Crippen LogP contribution < -0.4 is 0 Å². The Hall–Kier alpha value is -2.21. The van der Waals surface area contributed by atoms with Crippen molar-refractivity contribution in [3.63, 3.8) is 0 Å². The molecule has 2 aromatic heterocycles. The van der Waals surface area contributed by atoms with Crippen LogP contribution in [0.25, 0.3) is 22.4 Å². The minimum Gasteiger partial charge on any atom is -0.324 e. The molecule has 0 N–H and O–H groups in total. The van der Waals surface area contributed by atoms with Gasteiger partial charge in [0.25, 0.3) is 0 Å². The lowest BCUT2D eigenvalue weighted by atomic mass is 10.2. The molecule has 0 spiro atoms. The molecule has 0 radical (unpaired) electrons. The molecule has 3 rings (SSSR count). The van der Waals surface area contributed by atoms with Crippen molar-refractivity contribution in [1.29, 1.82) is 0 Å². The number of nitrogens with zero attached hydrogens (tertiary/aromatic N) is 3. The minimum atomic E-state index is -3.23. The number of hydrogen-bond acceptors (Lipinski definition) is 4. The van der Waals surface area contributed by atoms with Crippen LogP contribution in [0.4, 0.5) is 0 Å². The van der Waals surface area contributed by atoms with E-state index in [4.69, 9.17) is 0 Å². The zero-order valence-corrected chi connectivity index (χ0v) is 12.6. The Labute approximate surface area is 123 Å². The van der Waals surface area contributed by atoms with Gasteiger partial charge in [0, 0.05) is 30.8 Å². The van der Waals surface area contributed by atoms with Gasteiger partial charge in [-0.1, -0.05) is 0 Å². The summed E-state index contributed by atoms with van der Waals surface area (Å²) in [7, 11) is -3.23. The zero-order valence-electron chi connectivity index (χ0n) is 11.8. The number of benzene rings is 1. The number of hydrogen-bond donors (Lipinski definition) is 0. The summed E-state index contributed by atoms with van der Waals surface area (Å²) in [5, 5.41) is 0. The van der Waals surface area contributed by atoms with Gasteiger partial charge in [-0.25, -0.2) is 13.4 Å². The molecule has 0 aliphatic heterocycles. The fraction of sp³-hybridized carbons (Fsp3) is 0.200. The molecule has 0 unspecified atom stereocenters. The van der Waals surface area contributed by atoms with Gasteiger partial charge in [0.2, 0.25) is 0 Å². The third-order valence-corrected chi connectivity index (χ3v) is 4.49. The molecule has 108 valence electrons. The molecule has 5 nitrogen and oxygen atoms in total. The number of aryl methyl sites for hydroxylation is 1. The zero-order chi connectivity index (χ0) is 15.0. The van der Waals surface area contributed by atoms with Crippen LogP contribution in [0.2, 0.25) is 0 Å². The molecule has 21 heavy (non-hydrogen) atoms. The monoisotopic (exact) mass is 301 g/mol. The Balaban J connectivity index is 2.28. The molecule has 1 aromatic carbocycles. The van der Waals surface area contributed by atoms with E-state index >= 15 is 0 Å². The van der Waals surface area contributed by atoms with Crippen molar-refractivity contribution in [1.82, 2.24) is 14.5 Å². The highest BCUT2D eigenvalue weighted by Gasteiger charge is 2.14. The second kappa shape index (κ2) is 4.96. The molecule has 2 heterocycles. The smallest absolute Gasteiger partial charge is 0.175 e. The molecular formula is C15H15N3O2S. The van der Waals surface area contributed by atoms with E-state index in [1.54, 1.807) is 24.5 Å². The van der Waals surface area contributed by atoms with Gasteiger partial charge >= 0.3 is 0 Å². The Morgan fingerprint density at radius 3 is 2.67 bits per heavy atom. The summed E-state index contributed by atoms with van der Waals surface area (Å²) in [6, 6.07) is 8.85. The first kappa shape index (κ1) is 13.8. The van der Waals surface area contributed by atoms with Crippen LogP contribution in [0.1, 0.15) is 6.92 Å². The average Bonchev–Trinajstić information content (AvgIpc) is 2.84. The molecule has 0 aliphatic rings. The van der Waals surface area contributed by atoms with Crippen LogP contribution in [0.15, 0.2) is 47.6 Å². The normalized spacial score (nSPS) is 11.9. The van der Waals surface area contributed by atoms with Gasteiger partial charge < -0.3 is 4.57 Å². The summed E-state index contributed by atoms with van der Waals surface area (Å²) >= 11 is 0. The summed E-state index contributed by atoms with van der Waals surface area (Å²) in [6.45, 7) is 2.78. The molecule has 0 atom stereocenters. The van der Waals surface area contributed by atoms with Crippen molar-refractivity contribution in [2.75, 3.05) is 6.26 Å². The van der Waals surface area contributed by atoms with Crippen molar-refractivity contribution >= 4 is 20.9 Å². The van der Waals surface area contributed by atoms with Crippen LogP contribution in [-0.2, 0) is 16.4 Å². The van der Waals surface area contributed by atoms with Crippen LogP contribution in [0.3, 0.4) is 0 Å². The molecule has 0 aliphatic carbocycles. The maximum Gasteiger partial charge on any atom is 0.175 e. The lowest BCUT2D eigenvalue weighted by Gasteiger charge is -2.05. The summed E-state index contributed by atoms with van der Waals surface area (Å²) in [5.41, 5.74) is 2.51. The highest BCUT2D eigenvalue weighted by Crippen LogP contribution is 2.26. The minimum absolute atomic E-state index is 0.286. The molecule has 3 aromatic rings. The Morgan fingerprint density at radius 1 is 1.24 bits per heavy atom. The largest absolute Gasteiger partial charge is 0.324 e. The second-order valence-corrected chi connectivity index (χ2v) is 6.86. The van der Waals surface area contributed by atoms with Crippen molar-refractivity contribution in [3.05, 3.63) is 42.7 Å². The summed E-state index contributed by atoms with van der Waals surface area (Å²) < 4.78 is 25.4. The van der Waals surface area contributed by atoms with Gasteiger partial charge in [0.15, 0.2) is 9.84 Å².